The van der Waals surface area contributed by atoms with Crippen LogP contribution >= 0.6 is 0 Å². The van der Waals surface area contributed by atoms with Crippen LogP contribution in [-0.2, 0) is 22.7 Å². The Morgan fingerprint density at radius 3 is 0.741 bits per heavy atom. The Morgan fingerprint density at radius 2 is 0.517 bits per heavy atom. The monoisotopic (exact) mass is 906 g/mol. The van der Waals surface area contributed by atoms with Crippen LogP contribution in [0.5, 0.6) is 0 Å². The van der Waals surface area contributed by atoms with Gasteiger partial charge in [0.25, 0.3) is 0 Å². The average molecular weight is 906 g/mol. The molecule has 0 saturated carbocycles. The zero-order chi connectivity index (χ0) is 45.6. The molecule has 0 spiro atoms. The summed E-state index contributed by atoms with van der Waals surface area (Å²) in [7, 11) is 0. The Bertz CT molecular complexity index is 1540. The average Bonchev–Trinajstić information content (AvgIpc) is 3.07. The van der Waals surface area contributed by atoms with Gasteiger partial charge in [-0.3, -0.25) is 0 Å². The van der Waals surface area contributed by atoms with Crippen molar-refractivity contribution in [2.24, 2.45) is 0 Å². The van der Waals surface area contributed by atoms with Crippen LogP contribution in [-0.4, -0.2) is 84.8 Å². The van der Waals surface area contributed by atoms with Gasteiger partial charge in [0.1, 0.15) is 0 Å². The summed E-state index contributed by atoms with van der Waals surface area (Å²) < 4.78 is 352. The molecule has 0 atom stereocenters. The van der Waals surface area contributed by atoms with Crippen LogP contribution < -0.4 is 0 Å². The first kappa shape index (κ1) is 50.7. The molecule has 2 nitrogen and oxygen atoms in total. The Kier molecular flexibility index (Phi) is 13.9. The van der Waals surface area contributed by atoms with Crippen LogP contribution in [0, 0.1) is 0 Å². The highest BCUT2D eigenvalue weighted by atomic mass is 19.4. The third kappa shape index (κ3) is 8.72. The van der Waals surface area contributed by atoms with Gasteiger partial charge in [0, 0.05) is 12.8 Å². The van der Waals surface area contributed by atoms with E-state index in [0.717, 1.165) is 24.3 Å². The van der Waals surface area contributed by atoms with Gasteiger partial charge in [-0.1, -0.05) is 48.5 Å². The molecular formula is C30H20F26O2. The van der Waals surface area contributed by atoms with Crippen molar-refractivity contribution >= 4 is 0 Å². The highest BCUT2D eigenvalue weighted by molar-refractivity contribution is 5.63. The summed E-state index contributed by atoms with van der Waals surface area (Å²) in [4.78, 5) is 0. The normalized spacial score (nSPS) is 15.3. The Morgan fingerprint density at radius 1 is 0.293 bits per heavy atom. The van der Waals surface area contributed by atoms with Crippen molar-refractivity contribution < 1.29 is 124 Å². The lowest BCUT2D eigenvalue weighted by Gasteiger charge is -2.39. The van der Waals surface area contributed by atoms with Gasteiger partial charge in [-0.05, 0) is 22.3 Å². The van der Waals surface area contributed by atoms with Gasteiger partial charge in [-0.25, -0.2) is 0 Å². The molecule has 2 aromatic carbocycles. The summed E-state index contributed by atoms with van der Waals surface area (Å²) in [5.41, 5.74) is 0.556. The predicted octanol–water partition coefficient (Wildman–Crippen LogP) is 12.6. The van der Waals surface area contributed by atoms with Crippen LogP contribution in [0.25, 0.3) is 11.1 Å². The standard InChI is InChI=1S/C30H20F26O2/c31-19(32,21(35,36)23(39,40)25(43,44)27(47,48)29(51,52)53)9-11-57-13-15-1-5-17(6-2-15)18-7-3-16(4-8-18)14-58-12-10-20(33,34)22(37,38)24(41,42)26(45,46)28(49,50)30(54,55)56/h1-8H,9-14H2. The van der Waals surface area contributed by atoms with Crippen LogP contribution in [0.3, 0.4) is 0 Å². The number of hydrogen-bond acceptors (Lipinski definition) is 2. The number of rotatable bonds is 19. The maximum absolute atomic E-state index is 13.9. The van der Waals surface area contributed by atoms with E-state index in [1.807, 2.05) is 0 Å². The van der Waals surface area contributed by atoms with Gasteiger partial charge < -0.3 is 9.47 Å². The molecule has 0 amide bonds. The Balaban J connectivity index is 1.99. The number of hydrogen-bond donors (Lipinski definition) is 0. The number of alkyl halides is 26. The lowest BCUT2D eigenvalue weighted by molar-refractivity contribution is -0.440. The smallest absolute Gasteiger partial charge is 0.377 e. The topological polar surface area (TPSA) is 18.5 Å². The first-order valence-electron chi connectivity index (χ1n) is 14.9. The molecular weight excluding hydrogens is 886 g/mol. The fourth-order valence-corrected chi connectivity index (χ4v) is 4.29. The molecule has 334 valence electrons. The van der Waals surface area contributed by atoms with E-state index in [4.69, 9.17) is 0 Å². The minimum Gasteiger partial charge on any atom is -0.377 e. The molecule has 0 radical (unpaired) electrons. The molecule has 28 heteroatoms. The van der Waals surface area contributed by atoms with Gasteiger partial charge >= 0.3 is 71.6 Å². The summed E-state index contributed by atoms with van der Waals surface area (Å²) in [6, 6.07) is 9.54. The van der Waals surface area contributed by atoms with E-state index in [9.17, 15) is 114 Å². The van der Waals surface area contributed by atoms with Crippen molar-refractivity contribution in [1.29, 1.82) is 0 Å². The summed E-state index contributed by atoms with van der Waals surface area (Å²) in [5.74, 6) is -75.4. The van der Waals surface area contributed by atoms with E-state index in [2.05, 4.69) is 9.47 Å². The predicted molar refractivity (Wildman–Crippen MR) is 142 cm³/mol. The van der Waals surface area contributed by atoms with Crippen molar-refractivity contribution in [1.82, 2.24) is 0 Å². The van der Waals surface area contributed by atoms with Crippen LogP contribution in [0.15, 0.2) is 48.5 Å². The van der Waals surface area contributed by atoms with Crippen molar-refractivity contribution in [3.8, 4) is 11.1 Å². The van der Waals surface area contributed by atoms with Crippen molar-refractivity contribution in [3.63, 3.8) is 0 Å². The van der Waals surface area contributed by atoms with Crippen LogP contribution in [0.4, 0.5) is 114 Å². The lowest BCUT2D eigenvalue weighted by atomic mass is 9.93. The summed E-state index contributed by atoms with van der Waals surface area (Å²) >= 11 is 0. The minimum absolute atomic E-state index is 0.00320. The van der Waals surface area contributed by atoms with E-state index >= 15 is 0 Å². The molecule has 0 unspecified atom stereocenters. The maximum atomic E-state index is 13.9. The molecule has 2 aromatic rings. The maximum Gasteiger partial charge on any atom is 0.460 e. The molecule has 0 aliphatic heterocycles. The van der Waals surface area contributed by atoms with Crippen LogP contribution in [0.1, 0.15) is 24.0 Å². The van der Waals surface area contributed by atoms with E-state index < -0.39 is 111 Å². The van der Waals surface area contributed by atoms with Gasteiger partial charge in [0.05, 0.1) is 26.4 Å². The molecule has 0 fully saturated rings. The second-order valence-corrected chi connectivity index (χ2v) is 12.0. The molecule has 0 heterocycles. The first-order valence-corrected chi connectivity index (χ1v) is 14.9. The largest absolute Gasteiger partial charge is 0.460 e. The molecule has 0 aliphatic rings. The van der Waals surface area contributed by atoms with Crippen LogP contribution in [0.2, 0.25) is 0 Å². The molecule has 0 bridgehead atoms. The highest BCUT2D eigenvalue weighted by Crippen LogP contribution is 2.62. The number of benzene rings is 2. The number of ether oxygens (including phenoxy) is 2. The minimum atomic E-state index is -8.05. The molecule has 0 saturated heterocycles. The van der Waals surface area contributed by atoms with Gasteiger partial charge in [-0.2, -0.15) is 114 Å². The molecule has 0 aromatic heterocycles. The lowest BCUT2D eigenvalue weighted by Crippen LogP contribution is -2.70. The molecule has 58 heavy (non-hydrogen) atoms. The van der Waals surface area contributed by atoms with Gasteiger partial charge in [-0.15, -0.1) is 0 Å². The Labute approximate surface area is 306 Å². The van der Waals surface area contributed by atoms with E-state index in [0.29, 0.717) is 0 Å². The van der Waals surface area contributed by atoms with Crippen molar-refractivity contribution in [2.45, 2.75) is 97.6 Å². The molecule has 0 aliphatic carbocycles. The SMILES string of the molecule is FC(F)(F)C(F)(F)C(F)(F)C(F)(F)C(F)(F)C(F)(F)CCOCc1ccc(-c2ccc(COCCC(F)(F)C(F)(F)C(F)(F)C(F)(F)C(F)(F)C(F)(F)F)cc2)cc1. The Hall–Kier alpha value is -3.46. The van der Waals surface area contributed by atoms with Gasteiger partial charge in [0.2, 0.25) is 0 Å². The number of halogens is 26. The zero-order valence-electron chi connectivity index (χ0n) is 27.5. The molecule has 0 N–H and O–H groups in total. The third-order valence-corrected chi connectivity index (χ3v) is 7.90. The second kappa shape index (κ2) is 15.9. The van der Waals surface area contributed by atoms with Gasteiger partial charge in [0.15, 0.2) is 0 Å². The fourth-order valence-electron chi connectivity index (χ4n) is 4.29. The fraction of sp³-hybridized carbons (Fsp3) is 0.600. The third-order valence-electron chi connectivity index (χ3n) is 7.90. The summed E-state index contributed by atoms with van der Waals surface area (Å²) in [6.45, 7) is -4.95. The first-order chi connectivity index (χ1) is 25.6. The second-order valence-electron chi connectivity index (χ2n) is 12.0. The van der Waals surface area contributed by atoms with E-state index in [-0.39, 0.29) is 22.3 Å². The van der Waals surface area contributed by atoms with E-state index in [1.54, 1.807) is 0 Å². The summed E-state index contributed by atoms with van der Waals surface area (Å²) in [5, 5.41) is 0. The highest BCUT2D eigenvalue weighted by Gasteiger charge is 2.92. The van der Waals surface area contributed by atoms with E-state index in [1.165, 1.54) is 24.3 Å². The quantitative estimate of drug-likeness (QED) is 0.103. The molecule has 2 rings (SSSR count). The summed E-state index contributed by atoms with van der Waals surface area (Å²) in [6.07, 6.45) is -20.3. The zero-order valence-corrected chi connectivity index (χ0v) is 27.5. The van der Waals surface area contributed by atoms with Crippen molar-refractivity contribution in [3.05, 3.63) is 59.7 Å². The van der Waals surface area contributed by atoms with Crippen molar-refractivity contribution in [2.75, 3.05) is 13.2 Å².